The zero-order valence-corrected chi connectivity index (χ0v) is 17.0. The molecule has 0 spiro atoms. The lowest BCUT2D eigenvalue weighted by atomic mass is 9.86. The van der Waals surface area contributed by atoms with E-state index >= 15 is 0 Å². The highest BCUT2D eigenvalue weighted by molar-refractivity contribution is 6.33. The number of hydrogen-bond acceptors (Lipinski definition) is 4. The van der Waals surface area contributed by atoms with E-state index < -0.39 is 18.2 Å². The molecule has 3 rings (SSSR count). The smallest absolute Gasteiger partial charge is 0.377 e. The van der Waals surface area contributed by atoms with Crippen molar-refractivity contribution in [2.24, 2.45) is 5.16 Å². The van der Waals surface area contributed by atoms with Crippen molar-refractivity contribution in [2.75, 3.05) is 11.9 Å². The topological polar surface area (TPSA) is 50.7 Å². The van der Waals surface area contributed by atoms with Gasteiger partial charge in [0.25, 0.3) is 5.60 Å². The van der Waals surface area contributed by atoms with Crippen molar-refractivity contribution >= 4 is 40.4 Å². The van der Waals surface area contributed by atoms with Gasteiger partial charge in [-0.25, -0.2) is 0 Å². The Morgan fingerprint density at radius 1 is 1.24 bits per heavy atom. The standard InChI is InChI=1S/C20H17Cl2F3N2O2/c1-11-5-14(8-15(21)6-11)19(20(23,24)25)9-18(27-29-19)13-3-4-16(22)17(7-13)26-10-12(2)28/h3-8,26H,9-10H2,1-2H3. The van der Waals surface area contributed by atoms with Crippen molar-refractivity contribution in [1.82, 2.24) is 0 Å². The average Bonchev–Trinajstić information content (AvgIpc) is 3.07. The van der Waals surface area contributed by atoms with Crippen LogP contribution in [0.3, 0.4) is 0 Å². The first-order valence-corrected chi connectivity index (χ1v) is 9.40. The van der Waals surface area contributed by atoms with Gasteiger partial charge in [-0.15, -0.1) is 0 Å². The molecule has 1 atom stereocenters. The summed E-state index contributed by atoms with van der Waals surface area (Å²) in [5.41, 5.74) is -1.23. The number of rotatable bonds is 5. The quantitative estimate of drug-likeness (QED) is 0.625. The highest BCUT2D eigenvalue weighted by Gasteiger charge is 2.62. The number of nitrogens with one attached hydrogen (secondary N) is 1. The van der Waals surface area contributed by atoms with Crippen LogP contribution in [0.4, 0.5) is 18.9 Å². The van der Waals surface area contributed by atoms with Crippen LogP contribution in [0, 0.1) is 6.92 Å². The van der Waals surface area contributed by atoms with E-state index in [1.54, 1.807) is 25.1 Å². The molecule has 0 aliphatic carbocycles. The number of halogens is 5. The number of nitrogens with zero attached hydrogens (tertiary/aromatic N) is 1. The minimum absolute atomic E-state index is 0.0421. The Hall–Kier alpha value is -2.25. The molecule has 0 aromatic heterocycles. The SMILES string of the molecule is CC(=O)CNc1cc(C2=NOC(c3cc(C)cc(Cl)c3)(C(F)(F)F)C2)ccc1Cl. The van der Waals surface area contributed by atoms with Gasteiger partial charge in [0.2, 0.25) is 0 Å². The molecule has 0 saturated heterocycles. The third-order valence-electron chi connectivity index (χ3n) is 4.52. The fourth-order valence-electron chi connectivity index (χ4n) is 3.09. The Balaban J connectivity index is 1.97. The molecule has 0 radical (unpaired) electrons. The zero-order valence-electron chi connectivity index (χ0n) is 15.5. The lowest BCUT2D eigenvalue weighted by Crippen LogP contribution is -2.42. The molecule has 0 amide bonds. The lowest BCUT2D eigenvalue weighted by Gasteiger charge is -2.29. The molecular weight excluding hydrogens is 428 g/mol. The number of carbonyl (C=O) groups is 1. The number of hydrogen-bond donors (Lipinski definition) is 1. The van der Waals surface area contributed by atoms with Crippen molar-refractivity contribution in [3.05, 3.63) is 63.1 Å². The molecule has 2 aromatic carbocycles. The van der Waals surface area contributed by atoms with Crippen LogP contribution in [-0.2, 0) is 15.2 Å². The van der Waals surface area contributed by atoms with Crippen molar-refractivity contribution in [1.29, 1.82) is 0 Å². The Labute approximate surface area is 175 Å². The maximum atomic E-state index is 14.1. The van der Waals surface area contributed by atoms with E-state index in [4.69, 9.17) is 28.0 Å². The second-order valence-corrected chi connectivity index (χ2v) is 7.74. The highest BCUT2D eigenvalue weighted by atomic mass is 35.5. The van der Waals surface area contributed by atoms with Crippen LogP contribution in [0.1, 0.15) is 30.0 Å². The normalized spacial score (nSPS) is 18.9. The van der Waals surface area contributed by atoms with Crippen molar-refractivity contribution in [3.63, 3.8) is 0 Å². The molecule has 0 bridgehead atoms. The van der Waals surface area contributed by atoms with Gasteiger partial charge in [0.1, 0.15) is 5.78 Å². The number of carbonyl (C=O) groups excluding carboxylic acids is 1. The highest BCUT2D eigenvalue weighted by Crippen LogP contribution is 2.49. The molecular formula is C20H17Cl2F3N2O2. The number of benzene rings is 2. The molecule has 1 heterocycles. The van der Waals surface area contributed by atoms with E-state index in [-0.39, 0.29) is 28.6 Å². The Bertz CT molecular complexity index is 972. The van der Waals surface area contributed by atoms with Crippen LogP contribution in [-0.4, -0.2) is 24.2 Å². The predicted octanol–water partition coefficient (Wildman–Crippen LogP) is 5.88. The fraction of sp³-hybridized carbons (Fsp3) is 0.300. The number of ketones is 1. The molecule has 2 aromatic rings. The van der Waals surface area contributed by atoms with Gasteiger partial charge in [0.05, 0.1) is 23.0 Å². The molecule has 1 N–H and O–H groups in total. The molecule has 0 fully saturated rings. The van der Waals surface area contributed by atoms with E-state index in [1.165, 1.54) is 25.1 Å². The van der Waals surface area contributed by atoms with E-state index in [1.807, 2.05) is 0 Å². The second kappa shape index (κ2) is 7.88. The summed E-state index contributed by atoms with van der Waals surface area (Å²) in [6.45, 7) is 3.10. The van der Waals surface area contributed by atoms with Crippen molar-refractivity contribution in [2.45, 2.75) is 32.0 Å². The lowest BCUT2D eigenvalue weighted by molar-refractivity contribution is -0.275. The summed E-state index contributed by atoms with van der Waals surface area (Å²) in [4.78, 5) is 16.2. The number of aryl methyl sites for hydroxylation is 1. The van der Waals surface area contributed by atoms with Crippen LogP contribution >= 0.6 is 23.2 Å². The zero-order chi connectivity index (χ0) is 21.4. The van der Waals surface area contributed by atoms with Crippen LogP contribution in [0.15, 0.2) is 41.6 Å². The first-order valence-electron chi connectivity index (χ1n) is 8.64. The summed E-state index contributed by atoms with van der Waals surface area (Å²) >= 11 is 12.1. The largest absolute Gasteiger partial charge is 0.435 e. The third kappa shape index (κ3) is 4.36. The second-order valence-electron chi connectivity index (χ2n) is 6.90. The number of oxime groups is 1. The Morgan fingerprint density at radius 3 is 2.59 bits per heavy atom. The summed E-state index contributed by atoms with van der Waals surface area (Å²) < 4.78 is 42.3. The molecule has 1 aliphatic heterocycles. The van der Waals surface area contributed by atoms with Gasteiger partial charge in [-0.1, -0.05) is 40.5 Å². The van der Waals surface area contributed by atoms with Gasteiger partial charge in [0.15, 0.2) is 0 Å². The predicted molar refractivity (Wildman–Crippen MR) is 107 cm³/mol. The minimum Gasteiger partial charge on any atom is -0.377 e. The van der Waals surface area contributed by atoms with Crippen LogP contribution in [0.5, 0.6) is 0 Å². The maximum absolute atomic E-state index is 14.1. The number of Topliss-reactive ketones (excluding diaryl/α,β-unsaturated/α-hetero) is 1. The van der Waals surface area contributed by atoms with Crippen LogP contribution in [0.25, 0.3) is 0 Å². The maximum Gasteiger partial charge on any atom is 0.435 e. The summed E-state index contributed by atoms with van der Waals surface area (Å²) in [6.07, 6.45) is -5.25. The molecule has 1 aliphatic rings. The first kappa shape index (κ1) is 21.5. The van der Waals surface area contributed by atoms with Crippen LogP contribution < -0.4 is 5.32 Å². The average molecular weight is 445 g/mol. The Morgan fingerprint density at radius 2 is 1.97 bits per heavy atom. The molecule has 154 valence electrons. The summed E-state index contributed by atoms with van der Waals surface area (Å²) in [5, 5.41) is 7.12. The third-order valence-corrected chi connectivity index (χ3v) is 5.07. The van der Waals surface area contributed by atoms with E-state index in [2.05, 4.69) is 10.5 Å². The van der Waals surface area contributed by atoms with Gasteiger partial charge in [-0.2, -0.15) is 13.2 Å². The van der Waals surface area contributed by atoms with E-state index in [9.17, 15) is 18.0 Å². The Kier molecular flexibility index (Phi) is 5.83. The molecule has 0 saturated carbocycles. The molecule has 4 nitrogen and oxygen atoms in total. The molecule has 9 heteroatoms. The van der Waals surface area contributed by atoms with E-state index in [0.717, 1.165) is 0 Å². The first-order chi connectivity index (χ1) is 13.5. The van der Waals surface area contributed by atoms with Crippen molar-refractivity contribution < 1.29 is 22.8 Å². The van der Waals surface area contributed by atoms with Gasteiger partial charge in [-0.05, 0) is 43.7 Å². The van der Waals surface area contributed by atoms with E-state index in [0.29, 0.717) is 21.8 Å². The molecule has 29 heavy (non-hydrogen) atoms. The monoisotopic (exact) mass is 444 g/mol. The molecule has 1 unspecified atom stereocenters. The summed E-state index contributed by atoms with van der Waals surface area (Å²) in [6, 6.07) is 8.82. The number of alkyl halides is 3. The van der Waals surface area contributed by atoms with Crippen molar-refractivity contribution in [3.8, 4) is 0 Å². The van der Waals surface area contributed by atoms with Gasteiger partial charge in [-0.3, -0.25) is 4.79 Å². The van der Waals surface area contributed by atoms with Gasteiger partial charge in [0, 0.05) is 22.6 Å². The fourth-order valence-corrected chi connectivity index (χ4v) is 3.56. The number of anilines is 1. The van der Waals surface area contributed by atoms with Crippen LogP contribution in [0.2, 0.25) is 10.0 Å². The van der Waals surface area contributed by atoms with Gasteiger partial charge >= 0.3 is 6.18 Å². The van der Waals surface area contributed by atoms with Gasteiger partial charge < -0.3 is 10.2 Å². The summed E-state index contributed by atoms with van der Waals surface area (Å²) in [5.74, 6) is -0.111. The minimum atomic E-state index is -4.72. The summed E-state index contributed by atoms with van der Waals surface area (Å²) in [7, 11) is 0.